The Hall–Kier alpha value is -2.16. The van der Waals surface area contributed by atoms with Gasteiger partial charge in [-0.15, -0.1) is 0 Å². The molecule has 3 rings (SSSR count). The smallest absolute Gasteiger partial charge is 0.243 e. The van der Waals surface area contributed by atoms with Crippen LogP contribution in [-0.4, -0.2) is 47.0 Å². The minimum atomic E-state index is -0.703. The summed E-state index contributed by atoms with van der Waals surface area (Å²) in [6.45, 7) is 2.72. The number of carbonyl (C=O) groups excluding carboxylic acids is 1. The summed E-state index contributed by atoms with van der Waals surface area (Å²) in [5, 5.41) is 9.06. The molecule has 98 valence electrons. The second kappa shape index (κ2) is 4.50. The summed E-state index contributed by atoms with van der Waals surface area (Å²) in [6.07, 6.45) is 4.86. The Labute approximate surface area is 111 Å². The van der Waals surface area contributed by atoms with Crippen LogP contribution in [0.2, 0.25) is 0 Å². The second-order valence-corrected chi connectivity index (χ2v) is 5.02. The second-order valence-electron chi connectivity index (χ2n) is 5.02. The van der Waals surface area contributed by atoms with Crippen molar-refractivity contribution in [3.63, 3.8) is 0 Å². The van der Waals surface area contributed by atoms with E-state index in [-0.39, 0.29) is 5.91 Å². The first-order chi connectivity index (χ1) is 9.25. The maximum absolute atomic E-state index is 12.2. The van der Waals surface area contributed by atoms with Crippen molar-refractivity contribution in [1.82, 2.24) is 14.9 Å². The molecule has 1 aliphatic carbocycles. The highest BCUT2D eigenvalue weighted by molar-refractivity contribution is 5.88. The summed E-state index contributed by atoms with van der Waals surface area (Å²) in [6, 6.07) is 3.95. The van der Waals surface area contributed by atoms with Crippen LogP contribution in [0.1, 0.15) is 12.8 Å². The fourth-order valence-electron chi connectivity index (χ4n) is 2.37. The molecule has 2 aliphatic rings. The predicted molar refractivity (Wildman–Crippen MR) is 68.1 cm³/mol. The Balaban J connectivity index is 1.61. The van der Waals surface area contributed by atoms with E-state index in [0.29, 0.717) is 31.9 Å². The molecule has 6 heteroatoms. The molecule has 0 atom stereocenters. The van der Waals surface area contributed by atoms with E-state index in [2.05, 4.69) is 20.9 Å². The summed E-state index contributed by atoms with van der Waals surface area (Å²) < 4.78 is 0. The van der Waals surface area contributed by atoms with Gasteiger partial charge in [-0.1, -0.05) is 0 Å². The summed E-state index contributed by atoms with van der Waals surface area (Å²) >= 11 is 0. The first kappa shape index (κ1) is 11.9. The van der Waals surface area contributed by atoms with Crippen molar-refractivity contribution in [2.45, 2.75) is 12.8 Å². The zero-order valence-electron chi connectivity index (χ0n) is 10.6. The molecule has 19 heavy (non-hydrogen) atoms. The Morgan fingerprint density at radius 2 is 1.84 bits per heavy atom. The lowest BCUT2D eigenvalue weighted by Crippen LogP contribution is -2.51. The Morgan fingerprint density at radius 3 is 2.37 bits per heavy atom. The molecule has 0 unspecified atom stereocenters. The zero-order valence-corrected chi connectivity index (χ0v) is 10.6. The number of hydrogen-bond acceptors (Lipinski definition) is 5. The van der Waals surface area contributed by atoms with Crippen molar-refractivity contribution >= 4 is 11.9 Å². The number of carbonyl (C=O) groups is 1. The maximum atomic E-state index is 12.2. The Bertz CT molecular complexity index is 512. The number of amides is 1. The van der Waals surface area contributed by atoms with Gasteiger partial charge in [-0.2, -0.15) is 5.26 Å². The number of piperazine rings is 1. The van der Waals surface area contributed by atoms with E-state index in [9.17, 15) is 4.79 Å². The van der Waals surface area contributed by atoms with Crippen molar-refractivity contribution in [3.05, 3.63) is 18.5 Å². The minimum Gasteiger partial charge on any atom is -0.338 e. The summed E-state index contributed by atoms with van der Waals surface area (Å²) in [7, 11) is 0. The molecule has 6 nitrogen and oxygen atoms in total. The SMILES string of the molecule is N#CC1(C(=O)N2CCN(c3ncccn3)CC2)CC1. The molecule has 1 amide bonds. The van der Waals surface area contributed by atoms with Crippen LogP contribution in [0.25, 0.3) is 0 Å². The fourth-order valence-corrected chi connectivity index (χ4v) is 2.37. The first-order valence-corrected chi connectivity index (χ1v) is 6.48. The van der Waals surface area contributed by atoms with Crippen molar-refractivity contribution in [2.24, 2.45) is 5.41 Å². The molecule has 0 N–H and O–H groups in total. The lowest BCUT2D eigenvalue weighted by Gasteiger charge is -2.35. The van der Waals surface area contributed by atoms with Crippen LogP contribution in [0.15, 0.2) is 18.5 Å². The highest BCUT2D eigenvalue weighted by Crippen LogP contribution is 2.46. The van der Waals surface area contributed by atoms with Gasteiger partial charge < -0.3 is 9.80 Å². The predicted octanol–water partition coefficient (Wildman–Crippen LogP) is 0.429. The third kappa shape index (κ3) is 2.12. The van der Waals surface area contributed by atoms with Gasteiger partial charge in [0.25, 0.3) is 0 Å². The minimum absolute atomic E-state index is 0.00336. The van der Waals surface area contributed by atoms with Gasteiger partial charge >= 0.3 is 0 Å². The number of nitriles is 1. The molecule has 1 saturated carbocycles. The quantitative estimate of drug-likeness (QED) is 0.768. The lowest BCUT2D eigenvalue weighted by atomic mass is 10.1. The molecule has 1 aromatic heterocycles. The fraction of sp³-hybridized carbons (Fsp3) is 0.538. The summed E-state index contributed by atoms with van der Waals surface area (Å²) in [4.78, 5) is 24.5. The van der Waals surface area contributed by atoms with E-state index in [0.717, 1.165) is 13.1 Å². The van der Waals surface area contributed by atoms with Crippen LogP contribution < -0.4 is 4.90 Å². The summed E-state index contributed by atoms with van der Waals surface area (Å²) in [5.74, 6) is 0.708. The van der Waals surface area contributed by atoms with Gasteiger partial charge in [-0.25, -0.2) is 9.97 Å². The molecule has 2 fully saturated rings. The molecule has 1 aromatic rings. The molecular weight excluding hydrogens is 242 g/mol. The highest BCUT2D eigenvalue weighted by atomic mass is 16.2. The molecule has 1 saturated heterocycles. The number of aromatic nitrogens is 2. The highest BCUT2D eigenvalue weighted by Gasteiger charge is 2.52. The van der Waals surface area contributed by atoms with Gasteiger partial charge in [0.1, 0.15) is 5.41 Å². The van der Waals surface area contributed by atoms with Crippen LogP contribution in [-0.2, 0) is 4.79 Å². The largest absolute Gasteiger partial charge is 0.338 e. The van der Waals surface area contributed by atoms with Gasteiger partial charge in [0.2, 0.25) is 11.9 Å². The van der Waals surface area contributed by atoms with Crippen LogP contribution >= 0.6 is 0 Å². The van der Waals surface area contributed by atoms with Crippen LogP contribution in [0.3, 0.4) is 0 Å². The zero-order chi connectivity index (χ0) is 13.3. The van der Waals surface area contributed by atoms with Gasteiger partial charge in [-0.05, 0) is 18.9 Å². The van der Waals surface area contributed by atoms with Crippen LogP contribution in [0, 0.1) is 16.7 Å². The molecule has 1 aliphatic heterocycles. The Morgan fingerprint density at radius 1 is 1.21 bits per heavy atom. The summed E-state index contributed by atoms with van der Waals surface area (Å²) in [5.41, 5.74) is -0.703. The number of anilines is 1. The number of nitrogens with zero attached hydrogens (tertiary/aromatic N) is 5. The number of rotatable bonds is 2. The van der Waals surface area contributed by atoms with E-state index >= 15 is 0 Å². The molecule has 0 aromatic carbocycles. The molecule has 0 radical (unpaired) electrons. The van der Waals surface area contributed by atoms with E-state index in [1.165, 1.54) is 0 Å². The van der Waals surface area contributed by atoms with Gasteiger partial charge in [0.15, 0.2) is 0 Å². The number of hydrogen-bond donors (Lipinski definition) is 0. The van der Waals surface area contributed by atoms with Crippen molar-refractivity contribution in [1.29, 1.82) is 5.26 Å². The third-order valence-electron chi connectivity index (χ3n) is 3.78. The van der Waals surface area contributed by atoms with Crippen molar-refractivity contribution < 1.29 is 4.79 Å². The van der Waals surface area contributed by atoms with E-state index in [1.54, 1.807) is 23.4 Å². The van der Waals surface area contributed by atoms with Crippen LogP contribution in [0.4, 0.5) is 5.95 Å². The standard InChI is InChI=1S/C13H15N5O/c14-10-13(2-3-13)11(19)17-6-8-18(9-7-17)12-15-4-1-5-16-12/h1,4-5H,2-3,6-9H2. The molecule has 0 spiro atoms. The molecule has 2 heterocycles. The average molecular weight is 257 g/mol. The maximum Gasteiger partial charge on any atom is 0.243 e. The molecule has 0 bridgehead atoms. The molecular formula is C13H15N5O. The normalized spacial score (nSPS) is 20.8. The first-order valence-electron chi connectivity index (χ1n) is 6.48. The third-order valence-corrected chi connectivity index (χ3v) is 3.78. The lowest BCUT2D eigenvalue weighted by molar-refractivity contribution is -0.135. The van der Waals surface area contributed by atoms with E-state index < -0.39 is 5.41 Å². The van der Waals surface area contributed by atoms with Crippen molar-refractivity contribution in [2.75, 3.05) is 31.1 Å². The monoisotopic (exact) mass is 257 g/mol. The topological polar surface area (TPSA) is 73.1 Å². The van der Waals surface area contributed by atoms with Gasteiger partial charge in [0.05, 0.1) is 6.07 Å². The average Bonchev–Trinajstić information content (AvgIpc) is 3.29. The van der Waals surface area contributed by atoms with Gasteiger partial charge in [0, 0.05) is 38.6 Å². The van der Waals surface area contributed by atoms with E-state index in [1.807, 2.05) is 0 Å². The van der Waals surface area contributed by atoms with Gasteiger partial charge in [-0.3, -0.25) is 4.79 Å². The Kier molecular flexibility index (Phi) is 2.82. The van der Waals surface area contributed by atoms with Crippen molar-refractivity contribution in [3.8, 4) is 6.07 Å². The van der Waals surface area contributed by atoms with Crippen LogP contribution in [0.5, 0.6) is 0 Å². The van der Waals surface area contributed by atoms with E-state index in [4.69, 9.17) is 5.26 Å².